The van der Waals surface area contributed by atoms with Crippen molar-refractivity contribution in [2.75, 3.05) is 39.3 Å². The van der Waals surface area contributed by atoms with Gasteiger partial charge in [0.15, 0.2) is 0 Å². The summed E-state index contributed by atoms with van der Waals surface area (Å²) in [6.45, 7) is 12.9. The molecule has 0 spiro atoms. The Morgan fingerprint density at radius 3 is 2.22 bits per heavy atom. The van der Waals surface area contributed by atoms with Crippen LogP contribution in [0.3, 0.4) is 0 Å². The molecule has 168 valence electrons. The summed E-state index contributed by atoms with van der Waals surface area (Å²) in [5, 5.41) is 4.84. The Kier molecular flexibility index (Phi) is 5.42. The molecule has 4 fully saturated rings. The summed E-state index contributed by atoms with van der Waals surface area (Å²) >= 11 is 0. The summed E-state index contributed by atoms with van der Waals surface area (Å²) in [7, 11) is 0. The number of hydrogen-bond donors (Lipinski definition) is 1. The van der Waals surface area contributed by atoms with Gasteiger partial charge in [0, 0.05) is 56.2 Å². The minimum absolute atomic E-state index is 0.0393. The average Bonchev–Trinajstić information content (AvgIpc) is 3.00. The topological polar surface area (TPSA) is 47.9 Å². The summed E-state index contributed by atoms with van der Waals surface area (Å²) in [5.74, 6) is 0.257. The first-order valence-electron chi connectivity index (χ1n) is 11.8. The number of hydrogen-bond acceptors (Lipinski definition) is 4. The molecular weight excluding hydrogens is 396 g/mol. The molecule has 0 saturated carbocycles. The highest BCUT2D eigenvalue weighted by Gasteiger charge is 2.52. The molecule has 5 heteroatoms. The number of benzene rings is 2. The fraction of sp³-hybridized carbons (Fsp3) is 0.481. The molecule has 0 radical (unpaired) electrons. The van der Waals surface area contributed by atoms with Crippen LogP contribution in [-0.2, 0) is 11.8 Å². The lowest BCUT2D eigenvalue weighted by Gasteiger charge is -2.50. The molecule has 2 aromatic carbocycles. The highest BCUT2D eigenvalue weighted by molar-refractivity contribution is 5.98. The number of nitrogens with one attached hydrogen (secondary N) is 1. The van der Waals surface area contributed by atoms with E-state index in [0.717, 1.165) is 45.7 Å². The van der Waals surface area contributed by atoms with Crippen LogP contribution in [0.4, 0.5) is 0 Å². The summed E-state index contributed by atoms with van der Waals surface area (Å²) in [6.07, 6.45) is 0.965. The van der Waals surface area contributed by atoms with Crippen molar-refractivity contribution in [3.63, 3.8) is 0 Å². The molecule has 2 aromatic rings. The van der Waals surface area contributed by atoms with Crippen LogP contribution in [0, 0.1) is 11.3 Å². The van der Waals surface area contributed by atoms with E-state index >= 15 is 0 Å². The largest absolute Gasteiger partial charge is 0.300 e. The zero-order valence-corrected chi connectivity index (χ0v) is 19.5. The van der Waals surface area contributed by atoms with E-state index in [1.807, 2.05) is 24.3 Å². The van der Waals surface area contributed by atoms with Crippen molar-refractivity contribution in [3.8, 4) is 0 Å². The Bertz CT molecular complexity index is 990. The Labute approximate surface area is 191 Å². The van der Waals surface area contributed by atoms with Crippen molar-refractivity contribution < 1.29 is 4.79 Å². The van der Waals surface area contributed by atoms with Crippen LogP contribution >= 0.6 is 0 Å². The van der Waals surface area contributed by atoms with E-state index in [0.29, 0.717) is 11.5 Å². The molecule has 1 N–H and O–H groups in total. The molecule has 1 amide bonds. The second kappa shape index (κ2) is 8.13. The number of carbonyl (C=O) groups is 1. The zero-order chi connectivity index (χ0) is 22.3. The first kappa shape index (κ1) is 21.4. The van der Waals surface area contributed by atoms with Gasteiger partial charge in [0.2, 0.25) is 0 Å². The van der Waals surface area contributed by atoms with E-state index in [-0.39, 0.29) is 16.7 Å². The van der Waals surface area contributed by atoms with Gasteiger partial charge in [-0.25, -0.2) is 5.43 Å². The van der Waals surface area contributed by atoms with E-state index in [4.69, 9.17) is 5.10 Å². The van der Waals surface area contributed by atoms with E-state index in [2.05, 4.69) is 66.3 Å². The van der Waals surface area contributed by atoms with Crippen LogP contribution in [0.5, 0.6) is 0 Å². The third kappa shape index (κ3) is 4.12. The molecule has 4 aliphatic heterocycles. The second-order valence-electron chi connectivity index (χ2n) is 10.9. The Morgan fingerprint density at radius 2 is 1.62 bits per heavy atom. The fourth-order valence-corrected chi connectivity index (χ4v) is 5.80. The monoisotopic (exact) mass is 430 g/mol. The number of fused-ring (bicyclic) bond motifs is 1. The summed E-state index contributed by atoms with van der Waals surface area (Å²) in [6, 6.07) is 18.7. The lowest BCUT2D eigenvalue weighted by molar-refractivity contribution is 0.0945. The highest BCUT2D eigenvalue weighted by atomic mass is 16.2. The maximum absolute atomic E-state index is 12.9. The average molecular weight is 431 g/mol. The standard InChI is InChI=1S/C27H34N4O/c1-26(2,3)23-11-9-21(10-12-23)25(32)29-28-24-22-16-30-13-14-31(17-22)19-27(24,18-30)15-20-7-5-4-6-8-20/h4-12,22H,13-19H2,1-3H3,(H,29,32)/b28-24-. The molecule has 2 unspecified atom stereocenters. The number of piperidine rings is 2. The first-order chi connectivity index (χ1) is 15.3. The molecule has 6 rings (SSSR count). The predicted molar refractivity (Wildman–Crippen MR) is 129 cm³/mol. The SMILES string of the molecule is CC(C)(C)c1ccc(C(=O)N/N=C2/C3CN4CCN(C3)CC2(Cc2ccccc2)C4)cc1. The van der Waals surface area contributed by atoms with Crippen molar-refractivity contribution >= 4 is 11.6 Å². The molecule has 4 heterocycles. The van der Waals surface area contributed by atoms with Crippen LogP contribution in [0.2, 0.25) is 0 Å². The van der Waals surface area contributed by atoms with Crippen molar-refractivity contribution in [3.05, 3.63) is 71.3 Å². The van der Waals surface area contributed by atoms with Crippen LogP contribution in [-0.4, -0.2) is 60.7 Å². The van der Waals surface area contributed by atoms with E-state index < -0.39 is 0 Å². The van der Waals surface area contributed by atoms with Crippen molar-refractivity contribution in [2.45, 2.75) is 32.6 Å². The quantitative estimate of drug-likeness (QED) is 0.755. The maximum atomic E-state index is 12.9. The Morgan fingerprint density at radius 1 is 1.00 bits per heavy atom. The van der Waals surface area contributed by atoms with Gasteiger partial charge in [-0.05, 0) is 35.1 Å². The molecule has 5 nitrogen and oxygen atoms in total. The Hall–Kier alpha value is -2.50. The smallest absolute Gasteiger partial charge is 0.271 e. The number of carbonyl (C=O) groups excluding carboxylic acids is 1. The van der Waals surface area contributed by atoms with Crippen molar-refractivity contribution in [1.29, 1.82) is 0 Å². The molecule has 2 atom stereocenters. The minimum Gasteiger partial charge on any atom is -0.300 e. The van der Waals surface area contributed by atoms with E-state index in [9.17, 15) is 4.79 Å². The first-order valence-corrected chi connectivity index (χ1v) is 11.8. The van der Waals surface area contributed by atoms with Crippen LogP contribution in [0.1, 0.15) is 42.3 Å². The van der Waals surface area contributed by atoms with Crippen molar-refractivity contribution in [2.24, 2.45) is 16.4 Å². The maximum Gasteiger partial charge on any atom is 0.271 e. The second-order valence-corrected chi connectivity index (χ2v) is 10.9. The van der Waals surface area contributed by atoms with Gasteiger partial charge in [-0.15, -0.1) is 0 Å². The molecule has 0 aliphatic carbocycles. The van der Waals surface area contributed by atoms with Crippen LogP contribution in [0.15, 0.2) is 59.7 Å². The van der Waals surface area contributed by atoms with E-state index in [1.54, 1.807) is 0 Å². The highest BCUT2D eigenvalue weighted by Crippen LogP contribution is 2.41. The minimum atomic E-state index is -0.125. The third-order valence-corrected chi connectivity index (χ3v) is 7.35. The summed E-state index contributed by atoms with van der Waals surface area (Å²) < 4.78 is 0. The number of hydrazone groups is 1. The van der Waals surface area contributed by atoms with E-state index in [1.165, 1.54) is 16.8 Å². The molecule has 0 aromatic heterocycles. The van der Waals surface area contributed by atoms with Crippen LogP contribution in [0.25, 0.3) is 0 Å². The molecule has 4 bridgehead atoms. The van der Waals surface area contributed by atoms with Gasteiger partial charge in [-0.2, -0.15) is 5.10 Å². The van der Waals surface area contributed by atoms with Gasteiger partial charge < -0.3 is 9.80 Å². The lowest BCUT2D eigenvalue weighted by atomic mass is 9.67. The van der Waals surface area contributed by atoms with Gasteiger partial charge in [-0.3, -0.25) is 4.79 Å². The van der Waals surface area contributed by atoms with Crippen molar-refractivity contribution in [1.82, 2.24) is 15.2 Å². The molecule has 4 aliphatic rings. The number of amides is 1. The van der Waals surface area contributed by atoms with Crippen LogP contribution < -0.4 is 5.43 Å². The Balaban J connectivity index is 1.41. The molecular formula is C27H34N4O. The number of nitrogens with zero attached hydrogens (tertiary/aromatic N) is 3. The third-order valence-electron chi connectivity index (χ3n) is 7.35. The van der Waals surface area contributed by atoms with Gasteiger partial charge in [0.1, 0.15) is 0 Å². The molecule has 32 heavy (non-hydrogen) atoms. The normalized spacial score (nSPS) is 30.3. The number of rotatable bonds is 4. The zero-order valence-electron chi connectivity index (χ0n) is 19.5. The van der Waals surface area contributed by atoms with Gasteiger partial charge in [0.05, 0.1) is 5.71 Å². The van der Waals surface area contributed by atoms with Gasteiger partial charge >= 0.3 is 0 Å². The summed E-state index contributed by atoms with van der Waals surface area (Å²) in [5.41, 5.74) is 7.38. The summed E-state index contributed by atoms with van der Waals surface area (Å²) in [4.78, 5) is 18.1. The van der Waals surface area contributed by atoms with Gasteiger partial charge in [0.25, 0.3) is 5.91 Å². The molecule has 4 saturated heterocycles. The van der Waals surface area contributed by atoms with Gasteiger partial charge in [-0.1, -0.05) is 63.2 Å². The predicted octanol–water partition coefficient (Wildman–Crippen LogP) is 3.56. The fourth-order valence-electron chi connectivity index (χ4n) is 5.80. The lowest BCUT2D eigenvalue weighted by Crippen LogP contribution is -2.62.